The summed E-state index contributed by atoms with van der Waals surface area (Å²) in [6, 6.07) is 8.30. The monoisotopic (exact) mass is 311 g/mol. The van der Waals surface area contributed by atoms with Crippen molar-refractivity contribution in [2.45, 2.75) is 38.3 Å². The number of halogens is 1. The molecule has 0 saturated carbocycles. The van der Waals surface area contributed by atoms with Crippen LogP contribution in [0.1, 0.15) is 25.3 Å². The van der Waals surface area contributed by atoms with Gasteiger partial charge in [-0.3, -0.25) is 4.79 Å². The Bertz CT molecular complexity index is 399. The van der Waals surface area contributed by atoms with Crippen molar-refractivity contribution in [2.75, 3.05) is 6.61 Å². The fraction of sp³-hybridized carbons (Fsp3) is 0.500. The Kier molecular flexibility index (Phi) is 4.78. The molecule has 1 saturated heterocycles. The highest BCUT2D eigenvalue weighted by atomic mass is 79.9. The number of ether oxygens (including phenoxy) is 1. The third-order valence-corrected chi connectivity index (χ3v) is 3.59. The molecule has 2 rings (SSSR count). The lowest BCUT2D eigenvalue weighted by atomic mass is 10.1. The molecule has 0 bridgehead atoms. The number of amides is 1. The highest BCUT2D eigenvalue weighted by Crippen LogP contribution is 2.14. The van der Waals surface area contributed by atoms with E-state index in [2.05, 4.69) is 33.4 Å². The number of benzene rings is 1. The molecule has 2 atom stereocenters. The van der Waals surface area contributed by atoms with Crippen molar-refractivity contribution >= 4 is 21.8 Å². The van der Waals surface area contributed by atoms with E-state index in [1.54, 1.807) is 0 Å². The van der Waals surface area contributed by atoms with Gasteiger partial charge in [-0.05, 0) is 43.9 Å². The Morgan fingerprint density at radius 2 is 2.22 bits per heavy atom. The van der Waals surface area contributed by atoms with Gasteiger partial charge in [0, 0.05) is 17.1 Å². The minimum atomic E-state index is -0.239. The van der Waals surface area contributed by atoms with Crippen LogP contribution >= 0.6 is 15.9 Å². The van der Waals surface area contributed by atoms with Gasteiger partial charge in [-0.25, -0.2) is 0 Å². The van der Waals surface area contributed by atoms with Crippen LogP contribution < -0.4 is 5.32 Å². The van der Waals surface area contributed by atoms with E-state index in [1.165, 1.54) is 5.56 Å². The van der Waals surface area contributed by atoms with Gasteiger partial charge < -0.3 is 10.1 Å². The van der Waals surface area contributed by atoms with Crippen molar-refractivity contribution in [3.05, 3.63) is 34.3 Å². The first kappa shape index (κ1) is 13.6. The Morgan fingerprint density at radius 1 is 1.50 bits per heavy atom. The molecule has 1 amide bonds. The average molecular weight is 312 g/mol. The summed E-state index contributed by atoms with van der Waals surface area (Å²) in [5.74, 6) is 0.0251. The highest BCUT2D eigenvalue weighted by Gasteiger charge is 2.24. The summed E-state index contributed by atoms with van der Waals surface area (Å²) >= 11 is 3.41. The van der Waals surface area contributed by atoms with Gasteiger partial charge in [0.1, 0.15) is 6.10 Å². The third kappa shape index (κ3) is 3.82. The fourth-order valence-electron chi connectivity index (χ4n) is 2.15. The molecule has 1 aliphatic rings. The van der Waals surface area contributed by atoms with Crippen LogP contribution in [0.25, 0.3) is 0 Å². The molecule has 0 radical (unpaired) electrons. The highest BCUT2D eigenvalue weighted by molar-refractivity contribution is 9.10. The molecule has 1 aromatic carbocycles. The van der Waals surface area contributed by atoms with Crippen LogP contribution in [-0.4, -0.2) is 24.7 Å². The molecule has 1 aliphatic heterocycles. The van der Waals surface area contributed by atoms with E-state index in [4.69, 9.17) is 4.74 Å². The summed E-state index contributed by atoms with van der Waals surface area (Å²) in [5.41, 5.74) is 1.22. The predicted molar refractivity (Wildman–Crippen MR) is 74.4 cm³/mol. The zero-order valence-electron chi connectivity index (χ0n) is 10.5. The second kappa shape index (κ2) is 6.34. The molecular formula is C14H18BrNO2. The molecule has 1 aromatic rings. The van der Waals surface area contributed by atoms with E-state index in [-0.39, 0.29) is 18.1 Å². The predicted octanol–water partition coefficient (Wildman–Crippen LogP) is 2.68. The second-order valence-electron chi connectivity index (χ2n) is 4.74. The molecule has 1 heterocycles. The van der Waals surface area contributed by atoms with E-state index >= 15 is 0 Å². The van der Waals surface area contributed by atoms with Gasteiger partial charge >= 0.3 is 0 Å². The van der Waals surface area contributed by atoms with Crippen LogP contribution in [0.2, 0.25) is 0 Å². The van der Waals surface area contributed by atoms with Gasteiger partial charge in [-0.1, -0.05) is 28.1 Å². The normalized spacial score (nSPS) is 20.7. The molecule has 18 heavy (non-hydrogen) atoms. The van der Waals surface area contributed by atoms with E-state index in [0.717, 1.165) is 23.7 Å². The van der Waals surface area contributed by atoms with E-state index < -0.39 is 0 Å². The number of rotatable bonds is 4. The Morgan fingerprint density at radius 3 is 2.83 bits per heavy atom. The van der Waals surface area contributed by atoms with Crippen LogP contribution in [0.5, 0.6) is 0 Å². The van der Waals surface area contributed by atoms with Crippen molar-refractivity contribution < 1.29 is 9.53 Å². The minimum absolute atomic E-state index is 0.0251. The molecule has 0 aliphatic carbocycles. The molecule has 1 fully saturated rings. The first-order chi connectivity index (χ1) is 8.65. The Labute approximate surface area is 116 Å². The van der Waals surface area contributed by atoms with Gasteiger partial charge in [0.2, 0.25) is 5.91 Å². The van der Waals surface area contributed by atoms with Gasteiger partial charge in [-0.2, -0.15) is 0 Å². The maximum atomic E-state index is 11.9. The second-order valence-corrected chi connectivity index (χ2v) is 5.66. The summed E-state index contributed by atoms with van der Waals surface area (Å²) < 4.78 is 6.43. The van der Waals surface area contributed by atoms with Gasteiger partial charge in [0.05, 0.1) is 0 Å². The lowest BCUT2D eigenvalue weighted by Crippen LogP contribution is -2.40. The number of nitrogens with one attached hydrogen (secondary N) is 1. The number of hydrogen-bond donors (Lipinski definition) is 1. The van der Waals surface area contributed by atoms with E-state index in [9.17, 15) is 4.79 Å². The van der Waals surface area contributed by atoms with Crippen molar-refractivity contribution in [3.63, 3.8) is 0 Å². The zero-order valence-corrected chi connectivity index (χ0v) is 12.1. The van der Waals surface area contributed by atoms with Crippen LogP contribution in [0.15, 0.2) is 28.7 Å². The molecule has 98 valence electrons. The van der Waals surface area contributed by atoms with Gasteiger partial charge in [0.25, 0.3) is 0 Å². The number of carbonyl (C=O) groups is 1. The van der Waals surface area contributed by atoms with E-state index in [0.29, 0.717) is 6.61 Å². The molecule has 0 aromatic heterocycles. The average Bonchev–Trinajstić information content (AvgIpc) is 2.85. The van der Waals surface area contributed by atoms with Crippen molar-refractivity contribution in [1.82, 2.24) is 5.32 Å². The summed E-state index contributed by atoms with van der Waals surface area (Å²) in [7, 11) is 0. The maximum absolute atomic E-state index is 11.9. The SMILES string of the molecule is C[C@H](Cc1ccc(Br)cc1)NC(=O)[C@H]1CCCO1. The summed E-state index contributed by atoms with van der Waals surface area (Å²) in [5, 5.41) is 3.01. The number of hydrogen-bond acceptors (Lipinski definition) is 2. The summed E-state index contributed by atoms with van der Waals surface area (Å²) in [6.45, 7) is 2.73. The standard InChI is InChI=1S/C14H18BrNO2/c1-10(9-11-4-6-12(15)7-5-11)16-14(17)13-3-2-8-18-13/h4-7,10,13H,2-3,8-9H2,1H3,(H,16,17)/t10-,13-/m1/s1. The Balaban J connectivity index is 1.82. The number of carbonyl (C=O) groups excluding carboxylic acids is 1. The quantitative estimate of drug-likeness (QED) is 0.928. The minimum Gasteiger partial charge on any atom is -0.368 e. The molecule has 0 spiro atoms. The van der Waals surface area contributed by atoms with Crippen LogP contribution in [0.4, 0.5) is 0 Å². The van der Waals surface area contributed by atoms with Gasteiger partial charge in [0.15, 0.2) is 0 Å². The van der Waals surface area contributed by atoms with Crippen molar-refractivity contribution in [1.29, 1.82) is 0 Å². The molecule has 4 heteroatoms. The summed E-state index contributed by atoms with van der Waals surface area (Å²) in [6.07, 6.45) is 2.43. The maximum Gasteiger partial charge on any atom is 0.249 e. The largest absolute Gasteiger partial charge is 0.368 e. The van der Waals surface area contributed by atoms with Crippen LogP contribution in [-0.2, 0) is 16.0 Å². The van der Waals surface area contributed by atoms with Crippen LogP contribution in [0, 0.1) is 0 Å². The summed E-state index contributed by atoms with van der Waals surface area (Å²) in [4.78, 5) is 11.9. The van der Waals surface area contributed by atoms with Gasteiger partial charge in [-0.15, -0.1) is 0 Å². The zero-order chi connectivity index (χ0) is 13.0. The lowest BCUT2D eigenvalue weighted by Gasteiger charge is -2.16. The molecule has 3 nitrogen and oxygen atoms in total. The first-order valence-corrected chi connectivity index (χ1v) is 7.11. The fourth-order valence-corrected chi connectivity index (χ4v) is 2.41. The molecule has 0 unspecified atom stereocenters. The molecule has 1 N–H and O–H groups in total. The first-order valence-electron chi connectivity index (χ1n) is 6.31. The molecular weight excluding hydrogens is 294 g/mol. The topological polar surface area (TPSA) is 38.3 Å². The smallest absolute Gasteiger partial charge is 0.249 e. The van der Waals surface area contributed by atoms with Crippen molar-refractivity contribution in [2.24, 2.45) is 0 Å². The van der Waals surface area contributed by atoms with Crippen LogP contribution in [0.3, 0.4) is 0 Å². The Hall–Kier alpha value is -0.870. The van der Waals surface area contributed by atoms with E-state index in [1.807, 2.05) is 19.1 Å². The third-order valence-electron chi connectivity index (χ3n) is 3.07. The van der Waals surface area contributed by atoms with Crippen molar-refractivity contribution in [3.8, 4) is 0 Å². The lowest BCUT2D eigenvalue weighted by molar-refractivity contribution is -0.130.